The molecule has 12 nitrogen and oxygen atoms in total. The quantitative estimate of drug-likeness (QED) is 0.0903. The van der Waals surface area contributed by atoms with Crippen molar-refractivity contribution in [3.63, 3.8) is 0 Å². The molecule has 0 spiro atoms. The van der Waals surface area contributed by atoms with Crippen LogP contribution >= 0.6 is 0 Å². The van der Waals surface area contributed by atoms with Crippen LogP contribution in [0.3, 0.4) is 0 Å². The highest BCUT2D eigenvalue weighted by molar-refractivity contribution is 6.23. The number of hydrogen-bond acceptors (Lipinski definition) is 9. The van der Waals surface area contributed by atoms with E-state index in [0.29, 0.717) is 30.0 Å². The highest BCUT2D eigenvalue weighted by atomic mass is 16.6. The average molecular weight is 826 g/mol. The molecule has 7 aromatic carbocycles. The van der Waals surface area contributed by atoms with Gasteiger partial charge in [-0.15, -0.1) is 5.10 Å². The number of rotatable bonds is 13. The van der Waals surface area contributed by atoms with Crippen LogP contribution in [0, 0.1) is 0 Å². The van der Waals surface area contributed by atoms with E-state index >= 15 is 0 Å². The van der Waals surface area contributed by atoms with E-state index < -0.39 is 41.3 Å². The predicted molar refractivity (Wildman–Crippen MR) is 236 cm³/mol. The Morgan fingerprint density at radius 2 is 1.34 bits per heavy atom. The number of nitrogens with one attached hydrogen (secondary N) is 1. The maximum atomic E-state index is 13.3. The van der Waals surface area contributed by atoms with Crippen LogP contribution in [0.25, 0.3) is 32.3 Å². The SMILES string of the molecule is COc1ccc(C(OC[C@H]2O[C@@H](n3ccc(=O)[nH]c3=O)[C@H](n3cc(CCc4ccc5ccc6cccc7ccc4c5c67)nn3)[C@@H]2O)(c2ccccc2)c2ccc(OC)cc2)cc1. The van der Waals surface area contributed by atoms with Crippen molar-refractivity contribution in [1.82, 2.24) is 24.5 Å². The van der Waals surface area contributed by atoms with Crippen molar-refractivity contribution in [3.05, 3.63) is 201 Å². The molecule has 1 aliphatic heterocycles. The first kappa shape index (κ1) is 39.0. The number of methoxy groups -OCH3 is 2. The molecule has 0 amide bonds. The second kappa shape index (κ2) is 16.1. The third kappa shape index (κ3) is 6.78. The van der Waals surface area contributed by atoms with Crippen LogP contribution in [0.5, 0.6) is 11.5 Å². The lowest BCUT2D eigenvalue weighted by molar-refractivity contribution is -0.0948. The van der Waals surface area contributed by atoms with Gasteiger partial charge in [0.2, 0.25) is 0 Å². The summed E-state index contributed by atoms with van der Waals surface area (Å²) in [7, 11) is 3.23. The maximum absolute atomic E-state index is 13.3. The molecule has 310 valence electrons. The van der Waals surface area contributed by atoms with Crippen LogP contribution in [0.15, 0.2) is 162 Å². The number of aliphatic hydroxyl groups is 1. The van der Waals surface area contributed by atoms with Gasteiger partial charge in [-0.2, -0.15) is 0 Å². The van der Waals surface area contributed by atoms with E-state index in [-0.39, 0.29) is 6.61 Å². The number of aryl methyl sites for hydroxylation is 2. The lowest BCUT2D eigenvalue weighted by Crippen LogP contribution is -2.39. The topological polar surface area (TPSA) is 143 Å². The summed E-state index contributed by atoms with van der Waals surface area (Å²) >= 11 is 0. The fraction of sp³-hybridized carbons (Fsp3) is 0.200. The fourth-order valence-corrected chi connectivity index (χ4v) is 9.14. The molecule has 2 aromatic heterocycles. The number of aromatic amines is 1. The van der Waals surface area contributed by atoms with Gasteiger partial charge in [-0.05, 0) is 91.7 Å². The molecule has 9 aromatic rings. The molecule has 0 saturated carbocycles. The minimum absolute atomic E-state index is 0.116. The van der Waals surface area contributed by atoms with Gasteiger partial charge in [-0.1, -0.05) is 114 Å². The van der Waals surface area contributed by atoms with Crippen LogP contribution in [0.4, 0.5) is 0 Å². The number of aliphatic hydroxyl groups excluding tert-OH is 1. The van der Waals surface area contributed by atoms with E-state index in [9.17, 15) is 14.7 Å². The van der Waals surface area contributed by atoms with Crippen molar-refractivity contribution in [3.8, 4) is 11.5 Å². The molecule has 4 atom stereocenters. The Morgan fingerprint density at radius 1 is 0.710 bits per heavy atom. The van der Waals surface area contributed by atoms with Crippen molar-refractivity contribution >= 4 is 32.3 Å². The second-order valence-corrected chi connectivity index (χ2v) is 15.6. The first-order valence-electron chi connectivity index (χ1n) is 20.5. The molecule has 62 heavy (non-hydrogen) atoms. The van der Waals surface area contributed by atoms with Gasteiger partial charge in [-0.3, -0.25) is 14.3 Å². The number of ether oxygens (including phenoxy) is 4. The molecule has 0 bridgehead atoms. The van der Waals surface area contributed by atoms with Crippen molar-refractivity contribution in [1.29, 1.82) is 0 Å². The largest absolute Gasteiger partial charge is 0.497 e. The van der Waals surface area contributed by atoms with Crippen molar-refractivity contribution in [2.75, 3.05) is 20.8 Å². The van der Waals surface area contributed by atoms with Gasteiger partial charge in [-0.25, -0.2) is 9.48 Å². The molecule has 1 aliphatic rings. The highest BCUT2D eigenvalue weighted by Crippen LogP contribution is 2.44. The summed E-state index contributed by atoms with van der Waals surface area (Å²) in [6, 6.07) is 44.9. The van der Waals surface area contributed by atoms with Crippen LogP contribution in [0.2, 0.25) is 0 Å². The summed E-state index contributed by atoms with van der Waals surface area (Å²) in [5.41, 5.74) is 1.90. The van der Waals surface area contributed by atoms with Crippen LogP contribution < -0.4 is 20.7 Å². The molecule has 12 heteroatoms. The number of hydrogen-bond donors (Lipinski definition) is 2. The molecular formula is C50H43N5O7. The van der Waals surface area contributed by atoms with Gasteiger partial charge in [0, 0.05) is 18.5 Å². The van der Waals surface area contributed by atoms with Crippen molar-refractivity contribution in [2.24, 2.45) is 0 Å². The van der Waals surface area contributed by atoms with Gasteiger partial charge < -0.3 is 24.1 Å². The molecule has 1 saturated heterocycles. The smallest absolute Gasteiger partial charge is 0.330 e. The third-order valence-corrected chi connectivity index (χ3v) is 12.2. The Morgan fingerprint density at radius 3 is 2.00 bits per heavy atom. The van der Waals surface area contributed by atoms with E-state index in [2.05, 4.69) is 69.9 Å². The van der Waals surface area contributed by atoms with Crippen LogP contribution in [0.1, 0.15) is 40.2 Å². The summed E-state index contributed by atoms with van der Waals surface area (Å²) in [6.07, 6.45) is 1.16. The third-order valence-electron chi connectivity index (χ3n) is 12.2. The zero-order valence-electron chi connectivity index (χ0n) is 34.1. The van der Waals surface area contributed by atoms with E-state index in [4.69, 9.17) is 18.9 Å². The van der Waals surface area contributed by atoms with Gasteiger partial charge in [0.25, 0.3) is 5.56 Å². The highest BCUT2D eigenvalue weighted by Gasteiger charge is 2.49. The molecule has 1 fully saturated rings. The molecule has 10 rings (SSSR count). The minimum atomic E-state index is -1.23. The molecule has 0 unspecified atom stereocenters. The molecule has 3 heterocycles. The van der Waals surface area contributed by atoms with E-state index in [1.807, 2.05) is 78.9 Å². The predicted octanol–water partition coefficient (Wildman–Crippen LogP) is 7.34. The Kier molecular flexibility index (Phi) is 10.1. The first-order valence-corrected chi connectivity index (χ1v) is 20.5. The van der Waals surface area contributed by atoms with E-state index in [0.717, 1.165) is 16.7 Å². The maximum Gasteiger partial charge on any atom is 0.330 e. The number of H-pyrrole nitrogens is 1. The Hall–Kier alpha value is -7.12. The van der Waals surface area contributed by atoms with Gasteiger partial charge in [0.1, 0.15) is 35.3 Å². The fourth-order valence-electron chi connectivity index (χ4n) is 9.14. The molecule has 2 N–H and O–H groups in total. The molecule has 0 aliphatic carbocycles. The van der Waals surface area contributed by atoms with Gasteiger partial charge in [0.15, 0.2) is 6.23 Å². The summed E-state index contributed by atoms with van der Waals surface area (Å²) < 4.78 is 27.6. The lowest BCUT2D eigenvalue weighted by atomic mass is 9.80. The molecule has 0 radical (unpaired) electrons. The normalized spacial score (nSPS) is 17.9. The van der Waals surface area contributed by atoms with E-state index in [1.165, 1.54) is 54.7 Å². The van der Waals surface area contributed by atoms with Crippen LogP contribution in [-0.4, -0.2) is 62.7 Å². The summed E-state index contributed by atoms with van der Waals surface area (Å²) in [5.74, 6) is 1.36. The summed E-state index contributed by atoms with van der Waals surface area (Å²) in [4.78, 5) is 27.9. The Labute approximate surface area is 355 Å². The average Bonchev–Trinajstić information content (AvgIpc) is 3.91. The number of benzene rings is 7. The minimum Gasteiger partial charge on any atom is -0.497 e. The number of nitrogens with zero attached hydrogens (tertiary/aromatic N) is 4. The number of aromatic nitrogens is 5. The van der Waals surface area contributed by atoms with Gasteiger partial charge in [0.05, 0.1) is 26.5 Å². The van der Waals surface area contributed by atoms with Gasteiger partial charge >= 0.3 is 5.69 Å². The van der Waals surface area contributed by atoms with Crippen molar-refractivity contribution < 1.29 is 24.1 Å². The zero-order valence-corrected chi connectivity index (χ0v) is 34.1. The Bertz CT molecular complexity index is 3060. The van der Waals surface area contributed by atoms with Crippen LogP contribution in [-0.2, 0) is 27.9 Å². The Balaban J connectivity index is 0.983. The zero-order chi connectivity index (χ0) is 42.4. The molecular weight excluding hydrogens is 783 g/mol. The standard InChI is InChI=1S/C50H43N5O7/c1-59-39-22-17-36(18-23-39)50(35-9-4-3-5-10-35,37-19-24-40(60-2)25-20-37)61-30-42-47(57)46(48(62-42)54-28-27-43(56)51-49(54)58)55-29-38(52-53-55)21-15-31-11-12-34-14-13-32-7-6-8-33-16-26-41(31)45(34)44(32)33/h3-14,16-20,22-29,42,46-48,57H,15,21,30H2,1-2H3,(H,51,56,58)/t42-,46-,47-,48-/m1/s1. The first-order chi connectivity index (χ1) is 30.3. The van der Waals surface area contributed by atoms with Crippen molar-refractivity contribution in [2.45, 2.75) is 42.9 Å². The monoisotopic (exact) mass is 825 g/mol. The second-order valence-electron chi connectivity index (χ2n) is 15.6. The lowest BCUT2D eigenvalue weighted by Gasteiger charge is -2.37. The van der Waals surface area contributed by atoms with E-state index in [1.54, 1.807) is 25.1 Å². The summed E-state index contributed by atoms with van der Waals surface area (Å²) in [6.45, 7) is -0.116. The summed E-state index contributed by atoms with van der Waals surface area (Å²) in [5, 5.41) is 28.7.